The number of hydrogen-bond donors (Lipinski definition) is 11. The summed E-state index contributed by atoms with van der Waals surface area (Å²) in [5, 5.41) is 110. The van der Waals surface area contributed by atoms with Gasteiger partial charge in [0.25, 0.3) is 0 Å². The highest BCUT2D eigenvalue weighted by molar-refractivity contribution is 7.47. The Morgan fingerprint density at radius 2 is 0.776 bits per heavy atom. The van der Waals surface area contributed by atoms with Crippen LogP contribution in [0.2, 0.25) is 0 Å². The fraction of sp³-hybridized carbons (Fsp3) is 0.904. The largest absolute Gasteiger partial charge is 0.472 e. The maximum atomic E-state index is 14.3. The zero-order valence-corrected chi connectivity index (χ0v) is 60.9. The molecule has 1 aliphatic carbocycles. The van der Waals surface area contributed by atoms with Gasteiger partial charge in [0.05, 0.1) is 13.2 Å². The van der Waals surface area contributed by atoms with Crippen LogP contribution in [0.4, 0.5) is 0 Å². The van der Waals surface area contributed by atoms with Crippen molar-refractivity contribution < 1.29 is 117 Å². The van der Waals surface area contributed by atoms with E-state index in [1.807, 2.05) is 0 Å². The maximum Gasteiger partial charge on any atom is 0.472 e. The molecule has 98 heavy (non-hydrogen) atoms. The van der Waals surface area contributed by atoms with Gasteiger partial charge in [-0.3, -0.25) is 23.4 Å². The van der Waals surface area contributed by atoms with E-state index in [0.29, 0.717) is 25.2 Å². The number of phosphoric ester groups is 1. The van der Waals surface area contributed by atoms with E-state index in [-0.39, 0.29) is 19.3 Å². The molecule has 2 saturated heterocycles. The zero-order chi connectivity index (χ0) is 71.9. The fourth-order valence-corrected chi connectivity index (χ4v) is 13.5. The predicted octanol–water partition coefficient (Wildman–Crippen LogP) is 10.4. The Morgan fingerprint density at radius 1 is 0.418 bits per heavy atom. The molecule has 0 aromatic heterocycles. The lowest BCUT2D eigenvalue weighted by atomic mass is 9.84. The van der Waals surface area contributed by atoms with Gasteiger partial charge in [0.1, 0.15) is 98.7 Å². The van der Waals surface area contributed by atoms with Crippen molar-refractivity contribution in [3.8, 4) is 0 Å². The SMILES string of the molecule is CCCCCCCC/C=C\CCCCCC(=O)OCC(COP(=O)(O)OC1C(OC2OC(CO)C(O)C(O)C2O)C(O)C(O)C(O)C1OC1OC(COC(=O)CCCCC/C=C\CCCCCCCCC)C(O)C(O)C1O)OC(=O)CCCCCCCCC(C)CCCCCCCC. The first-order valence-electron chi connectivity index (χ1n) is 38.0. The van der Waals surface area contributed by atoms with Gasteiger partial charge >= 0.3 is 25.7 Å². The first kappa shape index (κ1) is 89.7. The topological polar surface area (TPSA) is 374 Å². The molecule has 3 aliphatic rings. The molecule has 2 heterocycles. The highest BCUT2D eigenvalue weighted by Crippen LogP contribution is 2.49. The average molecular weight is 1430 g/mol. The van der Waals surface area contributed by atoms with Gasteiger partial charge in [-0.05, 0) is 76.5 Å². The Labute approximate surface area is 585 Å². The molecular weight excluding hydrogens is 1290 g/mol. The summed E-state index contributed by atoms with van der Waals surface area (Å²) < 4.78 is 65.0. The van der Waals surface area contributed by atoms with Gasteiger partial charge < -0.3 is 89.1 Å². The van der Waals surface area contributed by atoms with E-state index >= 15 is 0 Å². The predicted molar refractivity (Wildman–Crippen MR) is 370 cm³/mol. The summed E-state index contributed by atoms with van der Waals surface area (Å²) >= 11 is 0. The number of carbonyl (C=O) groups is 3. The first-order chi connectivity index (χ1) is 47.2. The van der Waals surface area contributed by atoms with E-state index < -0.39 is 156 Å². The first-order valence-corrected chi connectivity index (χ1v) is 39.5. The molecule has 0 bridgehead atoms. The molecule has 0 spiro atoms. The van der Waals surface area contributed by atoms with E-state index in [4.69, 9.17) is 42.2 Å². The van der Waals surface area contributed by atoms with Crippen molar-refractivity contribution in [2.75, 3.05) is 26.4 Å². The molecule has 24 nitrogen and oxygen atoms in total. The van der Waals surface area contributed by atoms with Gasteiger partial charge in [-0.15, -0.1) is 0 Å². The van der Waals surface area contributed by atoms with Crippen LogP contribution in [-0.4, -0.2) is 204 Å². The fourth-order valence-electron chi connectivity index (χ4n) is 12.5. The molecule has 2 aliphatic heterocycles. The number of esters is 3. The molecule has 3 fully saturated rings. The Kier molecular flexibility index (Phi) is 49.5. The van der Waals surface area contributed by atoms with Crippen molar-refractivity contribution in [1.29, 1.82) is 0 Å². The van der Waals surface area contributed by atoms with E-state index in [0.717, 1.165) is 96.3 Å². The molecule has 11 N–H and O–H groups in total. The van der Waals surface area contributed by atoms with E-state index in [1.165, 1.54) is 122 Å². The van der Waals surface area contributed by atoms with Gasteiger partial charge in [0.2, 0.25) is 0 Å². The second-order valence-electron chi connectivity index (χ2n) is 27.6. The van der Waals surface area contributed by atoms with Crippen molar-refractivity contribution in [1.82, 2.24) is 0 Å². The molecule has 19 unspecified atom stereocenters. The molecule has 1 saturated carbocycles. The number of hydrogen-bond acceptors (Lipinski definition) is 23. The number of phosphoric acid groups is 1. The number of carbonyl (C=O) groups excluding carboxylic acids is 3. The maximum absolute atomic E-state index is 14.3. The van der Waals surface area contributed by atoms with Crippen LogP contribution in [0.1, 0.15) is 285 Å². The van der Waals surface area contributed by atoms with Crippen LogP contribution in [0.5, 0.6) is 0 Å². The lowest BCUT2D eigenvalue weighted by Gasteiger charge is -2.49. The van der Waals surface area contributed by atoms with Crippen molar-refractivity contribution in [3.63, 3.8) is 0 Å². The van der Waals surface area contributed by atoms with Gasteiger partial charge in [-0.2, -0.15) is 0 Å². The quantitative estimate of drug-likeness (QED) is 0.00886. The third-order valence-corrected chi connectivity index (χ3v) is 19.8. The minimum Gasteiger partial charge on any atom is -0.463 e. The summed E-state index contributed by atoms with van der Waals surface area (Å²) in [6.45, 7) is 5.72. The third kappa shape index (κ3) is 37.2. The Hall–Kier alpha value is -2.56. The lowest BCUT2D eigenvalue weighted by Crippen LogP contribution is -2.69. The minimum atomic E-state index is -5.70. The second kappa shape index (κ2) is 54.1. The number of aliphatic hydroxyl groups is 10. The average Bonchev–Trinajstić information content (AvgIpc) is 0.762. The number of ether oxygens (including phenoxy) is 7. The summed E-state index contributed by atoms with van der Waals surface area (Å²) in [5.74, 6) is -1.35. The molecule has 25 heteroatoms. The van der Waals surface area contributed by atoms with E-state index in [9.17, 15) is 74.9 Å². The zero-order valence-electron chi connectivity index (χ0n) is 60.0. The molecule has 3 rings (SSSR count). The van der Waals surface area contributed by atoms with Crippen LogP contribution >= 0.6 is 7.82 Å². The van der Waals surface area contributed by atoms with Gasteiger partial charge in [-0.1, -0.05) is 219 Å². The van der Waals surface area contributed by atoms with Crippen LogP contribution in [0.3, 0.4) is 0 Å². The van der Waals surface area contributed by atoms with Crippen LogP contribution in [0, 0.1) is 5.92 Å². The molecule has 0 amide bonds. The summed E-state index contributed by atoms with van der Waals surface area (Å²) in [6, 6.07) is 0. The summed E-state index contributed by atoms with van der Waals surface area (Å²) in [4.78, 5) is 51.0. The molecule has 574 valence electrons. The van der Waals surface area contributed by atoms with Gasteiger partial charge in [-0.25, -0.2) is 4.57 Å². The highest BCUT2D eigenvalue weighted by Gasteiger charge is 2.58. The van der Waals surface area contributed by atoms with Crippen LogP contribution in [0.25, 0.3) is 0 Å². The molecule has 0 aromatic carbocycles. The summed E-state index contributed by atoms with van der Waals surface area (Å²) in [6.07, 6.45) is 12.6. The summed E-state index contributed by atoms with van der Waals surface area (Å²) in [7, 11) is -5.70. The molecule has 0 aromatic rings. The second-order valence-corrected chi connectivity index (χ2v) is 29.0. The highest BCUT2D eigenvalue weighted by atomic mass is 31.2. The number of rotatable bonds is 58. The summed E-state index contributed by atoms with van der Waals surface area (Å²) in [5.41, 5.74) is 0. The minimum absolute atomic E-state index is 0.00753. The van der Waals surface area contributed by atoms with Crippen LogP contribution in [0.15, 0.2) is 24.3 Å². The van der Waals surface area contributed by atoms with E-state index in [2.05, 4.69) is 52.0 Å². The van der Waals surface area contributed by atoms with Gasteiger partial charge in [0.15, 0.2) is 18.7 Å². The van der Waals surface area contributed by atoms with E-state index in [1.54, 1.807) is 0 Å². The van der Waals surface area contributed by atoms with Crippen LogP contribution in [-0.2, 0) is 61.2 Å². The molecular formula is C73H133O24P. The number of unbranched alkanes of at least 4 members (excludes halogenated alkanes) is 29. The van der Waals surface area contributed by atoms with Crippen molar-refractivity contribution >= 4 is 25.7 Å². The molecule has 19 atom stereocenters. The Morgan fingerprint density at radius 3 is 1.21 bits per heavy atom. The van der Waals surface area contributed by atoms with Crippen molar-refractivity contribution in [2.24, 2.45) is 5.92 Å². The number of aliphatic hydroxyl groups excluding tert-OH is 10. The van der Waals surface area contributed by atoms with Crippen molar-refractivity contribution in [2.45, 2.75) is 389 Å². The lowest BCUT2D eigenvalue weighted by molar-refractivity contribution is -0.360. The Bertz CT molecular complexity index is 2140. The van der Waals surface area contributed by atoms with Gasteiger partial charge in [0, 0.05) is 19.3 Å². The normalized spacial score (nSPS) is 28.1. The smallest absolute Gasteiger partial charge is 0.463 e. The standard InChI is InChI=1S/C73H133O24P/c1-5-8-11-14-17-19-21-23-25-27-29-31-37-42-47-58(76)90-52-56-61(79)63(81)68(86)73(94-56)96-70-66(84)64(82)65(83)69(95-72-67(85)62(80)60(78)55(49-74)93-72)71(70)97-98(87,88)91-51-54(50-89-57(75)46-41-36-30-28-26-24-22-20-18-15-12-9-6-2)92-59(77)48-43-38-33-32-35-40-45-53(4)44-39-34-16-13-10-7-3/h24-27,53-56,60-74,78-86H,5-23,28-52H2,1-4H3,(H,87,88)/b26-24-,27-25-. The monoisotopic (exact) mass is 1420 g/mol. The van der Waals surface area contributed by atoms with Crippen molar-refractivity contribution in [3.05, 3.63) is 24.3 Å². The number of allylic oxidation sites excluding steroid dienone is 4. The Balaban J connectivity index is 1.75. The van der Waals surface area contributed by atoms with Crippen LogP contribution < -0.4 is 0 Å². The third-order valence-electron chi connectivity index (χ3n) is 18.8. The molecule has 0 radical (unpaired) electrons.